The first kappa shape index (κ1) is 31.5. The Balaban J connectivity index is 1.45. The van der Waals surface area contributed by atoms with Crippen molar-refractivity contribution in [2.45, 2.75) is 20.8 Å². The molecule has 0 amide bonds. The number of anilines is 3. The standard InChI is InChI=1S/C51H39N/c1-34-18-24-39(25-19-34)49-46(37-12-6-4-7-13-37)33-47(38-14-8-5-9-15-38)50-44-17-11-10-16-43(44)48-32-42(30-31-45(48)51(49)50)52(40-26-20-35(2)21-27-40)41-28-22-36(3)23-29-41/h4-33H,1-3H3. The molecule has 248 valence electrons. The quantitative estimate of drug-likeness (QED) is 0.160. The molecule has 0 unspecified atom stereocenters. The number of rotatable bonds is 6. The first-order valence-corrected chi connectivity index (χ1v) is 18.1. The Morgan fingerprint density at radius 3 is 1.35 bits per heavy atom. The van der Waals surface area contributed by atoms with Gasteiger partial charge in [-0.2, -0.15) is 0 Å². The number of fused-ring (bicyclic) bond motifs is 6. The molecule has 0 fully saturated rings. The summed E-state index contributed by atoms with van der Waals surface area (Å²) in [4.78, 5) is 2.38. The molecule has 0 radical (unpaired) electrons. The SMILES string of the molecule is Cc1ccc(-c2c(-c3ccccc3)cc(-c3ccccc3)c3c4ccccc4c4cc(N(c5ccc(C)cc5)c5ccc(C)cc5)ccc4c23)cc1. The first-order chi connectivity index (χ1) is 25.5. The summed E-state index contributed by atoms with van der Waals surface area (Å²) in [6, 6.07) is 67.1. The highest BCUT2D eigenvalue weighted by Crippen LogP contribution is 2.50. The van der Waals surface area contributed by atoms with Crippen LogP contribution in [0.3, 0.4) is 0 Å². The van der Waals surface area contributed by atoms with Crippen molar-refractivity contribution in [2.75, 3.05) is 4.90 Å². The van der Waals surface area contributed by atoms with Crippen LogP contribution < -0.4 is 4.90 Å². The monoisotopic (exact) mass is 665 g/mol. The van der Waals surface area contributed by atoms with Crippen LogP contribution >= 0.6 is 0 Å². The second-order valence-electron chi connectivity index (χ2n) is 14.0. The zero-order valence-electron chi connectivity index (χ0n) is 29.8. The molecule has 1 nitrogen and oxygen atoms in total. The second kappa shape index (κ2) is 13.0. The zero-order chi connectivity index (χ0) is 35.2. The largest absolute Gasteiger partial charge is 0.310 e. The lowest BCUT2D eigenvalue weighted by Gasteiger charge is -2.27. The van der Waals surface area contributed by atoms with Crippen LogP contribution in [-0.4, -0.2) is 0 Å². The summed E-state index contributed by atoms with van der Waals surface area (Å²) in [6.45, 7) is 6.45. The van der Waals surface area contributed by atoms with Crippen LogP contribution in [-0.2, 0) is 0 Å². The van der Waals surface area contributed by atoms with Crippen molar-refractivity contribution in [2.24, 2.45) is 0 Å². The number of nitrogens with zero attached hydrogens (tertiary/aromatic N) is 1. The van der Waals surface area contributed by atoms with E-state index in [0.29, 0.717) is 0 Å². The molecular formula is C51H39N. The molecule has 0 aliphatic carbocycles. The third-order valence-corrected chi connectivity index (χ3v) is 10.4. The molecule has 0 spiro atoms. The van der Waals surface area contributed by atoms with Crippen LogP contribution in [0.2, 0.25) is 0 Å². The molecule has 0 aromatic heterocycles. The van der Waals surface area contributed by atoms with Gasteiger partial charge in [-0.15, -0.1) is 0 Å². The second-order valence-corrected chi connectivity index (χ2v) is 14.0. The minimum Gasteiger partial charge on any atom is -0.310 e. The maximum absolute atomic E-state index is 2.44. The third-order valence-electron chi connectivity index (χ3n) is 10.4. The molecule has 0 saturated heterocycles. The summed E-state index contributed by atoms with van der Waals surface area (Å²) in [6.07, 6.45) is 0. The zero-order valence-corrected chi connectivity index (χ0v) is 29.8. The third kappa shape index (κ3) is 5.52. The Morgan fingerprint density at radius 2 is 0.769 bits per heavy atom. The smallest absolute Gasteiger partial charge is 0.0468 e. The van der Waals surface area contributed by atoms with Gasteiger partial charge in [0, 0.05) is 17.1 Å². The van der Waals surface area contributed by atoms with E-state index >= 15 is 0 Å². The van der Waals surface area contributed by atoms with Crippen LogP contribution in [0, 0.1) is 20.8 Å². The molecule has 52 heavy (non-hydrogen) atoms. The number of aryl methyl sites for hydroxylation is 3. The molecule has 0 saturated carbocycles. The Bertz CT molecular complexity index is 2660. The van der Waals surface area contributed by atoms with Gasteiger partial charge >= 0.3 is 0 Å². The van der Waals surface area contributed by atoms with E-state index in [1.807, 2.05) is 0 Å². The van der Waals surface area contributed by atoms with Crippen molar-refractivity contribution in [1.82, 2.24) is 0 Å². The Morgan fingerprint density at radius 1 is 0.308 bits per heavy atom. The van der Waals surface area contributed by atoms with Gasteiger partial charge in [0.25, 0.3) is 0 Å². The predicted octanol–water partition coefficient (Wildman–Crippen LogP) is 14.5. The van der Waals surface area contributed by atoms with Gasteiger partial charge in [-0.05, 0) is 129 Å². The fourth-order valence-electron chi connectivity index (χ4n) is 7.83. The van der Waals surface area contributed by atoms with Gasteiger partial charge < -0.3 is 4.90 Å². The van der Waals surface area contributed by atoms with Crippen molar-refractivity contribution < 1.29 is 0 Å². The summed E-state index contributed by atoms with van der Waals surface area (Å²) in [5.74, 6) is 0. The normalized spacial score (nSPS) is 11.4. The fraction of sp³-hybridized carbons (Fsp3) is 0.0588. The molecule has 0 bridgehead atoms. The Hall–Kier alpha value is -6.44. The average Bonchev–Trinajstić information content (AvgIpc) is 3.20. The molecule has 0 aliphatic rings. The fourth-order valence-corrected chi connectivity index (χ4v) is 7.83. The van der Waals surface area contributed by atoms with E-state index in [2.05, 4.69) is 208 Å². The Labute approximate surface area is 306 Å². The van der Waals surface area contributed by atoms with E-state index in [1.54, 1.807) is 0 Å². The van der Waals surface area contributed by atoms with Crippen LogP contribution in [0.4, 0.5) is 17.1 Å². The molecule has 9 aromatic carbocycles. The molecule has 0 N–H and O–H groups in total. The average molecular weight is 666 g/mol. The van der Waals surface area contributed by atoms with Crippen molar-refractivity contribution >= 4 is 49.4 Å². The molecule has 0 atom stereocenters. The van der Waals surface area contributed by atoms with E-state index in [4.69, 9.17) is 0 Å². The van der Waals surface area contributed by atoms with Crippen molar-refractivity contribution in [1.29, 1.82) is 0 Å². The lowest BCUT2D eigenvalue weighted by Crippen LogP contribution is -2.10. The van der Waals surface area contributed by atoms with E-state index in [0.717, 1.165) is 17.1 Å². The topological polar surface area (TPSA) is 3.24 Å². The van der Waals surface area contributed by atoms with Crippen LogP contribution in [0.1, 0.15) is 16.7 Å². The summed E-state index contributed by atoms with van der Waals surface area (Å²) >= 11 is 0. The van der Waals surface area contributed by atoms with E-state index in [1.165, 1.54) is 82.4 Å². The van der Waals surface area contributed by atoms with Gasteiger partial charge in [0.2, 0.25) is 0 Å². The lowest BCUT2D eigenvalue weighted by molar-refractivity contribution is 1.27. The summed E-state index contributed by atoms with van der Waals surface area (Å²) < 4.78 is 0. The highest BCUT2D eigenvalue weighted by atomic mass is 15.1. The summed E-state index contributed by atoms with van der Waals surface area (Å²) in [5.41, 5.74) is 14.5. The molecule has 0 heterocycles. The maximum atomic E-state index is 2.44. The van der Waals surface area contributed by atoms with E-state index < -0.39 is 0 Å². The maximum Gasteiger partial charge on any atom is 0.0468 e. The van der Waals surface area contributed by atoms with Gasteiger partial charge in [-0.3, -0.25) is 0 Å². The minimum atomic E-state index is 1.13. The van der Waals surface area contributed by atoms with Crippen LogP contribution in [0.25, 0.3) is 65.7 Å². The molecule has 9 rings (SSSR count). The predicted molar refractivity (Wildman–Crippen MR) is 224 cm³/mol. The molecule has 0 aliphatic heterocycles. The van der Waals surface area contributed by atoms with Gasteiger partial charge in [0.15, 0.2) is 0 Å². The van der Waals surface area contributed by atoms with Crippen molar-refractivity contribution in [3.8, 4) is 33.4 Å². The molecular weight excluding hydrogens is 627 g/mol. The molecule has 9 aromatic rings. The van der Waals surface area contributed by atoms with Gasteiger partial charge in [0.05, 0.1) is 0 Å². The summed E-state index contributed by atoms with van der Waals surface area (Å²) in [5, 5.41) is 7.55. The number of hydrogen-bond acceptors (Lipinski definition) is 1. The lowest BCUT2D eigenvalue weighted by atomic mass is 9.81. The Kier molecular flexibility index (Phi) is 7.90. The number of benzene rings is 9. The van der Waals surface area contributed by atoms with Gasteiger partial charge in [0.1, 0.15) is 0 Å². The van der Waals surface area contributed by atoms with E-state index in [9.17, 15) is 0 Å². The first-order valence-electron chi connectivity index (χ1n) is 18.1. The molecule has 1 heteroatoms. The number of hydrogen-bond donors (Lipinski definition) is 0. The van der Waals surface area contributed by atoms with Gasteiger partial charge in [-0.1, -0.05) is 156 Å². The van der Waals surface area contributed by atoms with E-state index in [-0.39, 0.29) is 0 Å². The van der Waals surface area contributed by atoms with Gasteiger partial charge in [-0.25, -0.2) is 0 Å². The van der Waals surface area contributed by atoms with Crippen LogP contribution in [0.5, 0.6) is 0 Å². The van der Waals surface area contributed by atoms with Crippen molar-refractivity contribution in [3.05, 3.63) is 199 Å². The minimum absolute atomic E-state index is 1.13. The highest BCUT2D eigenvalue weighted by molar-refractivity contribution is 6.33. The van der Waals surface area contributed by atoms with Crippen LogP contribution in [0.15, 0.2) is 182 Å². The highest BCUT2D eigenvalue weighted by Gasteiger charge is 2.22. The van der Waals surface area contributed by atoms with Crippen molar-refractivity contribution in [3.63, 3.8) is 0 Å². The summed E-state index contributed by atoms with van der Waals surface area (Å²) in [7, 11) is 0.